The van der Waals surface area contributed by atoms with Gasteiger partial charge in [0.2, 0.25) is 5.91 Å². The van der Waals surface area contributed by atoms with Crippen LogP contribution in [0.2, 0.25) is 0 Å². The van der Waals surface area contributed by atoms with Gasteiger partial charge in [0.15, 0.2) is 0 Å². The molecule has 0 radical (unpaired) electrons. The fourth-order valence-corrected chi connectivity index (χ4v) is 2.15. The minimum absolute atomic E-state index is 0.121. The number of rotatable bonds is 5. The van der Waals surface area contributed by atoms with E-state index in [2.05, 4.69) is 5.32 Å². The average molecular weight is 293 g/mol. The largest absolute Gasteiger partial charge is 0.497 e. The standard InChI is InChI=1S/C15H19NO5/c1-9(15(18)19)7-16-14(17)11-5-10-6-12(20-2)3-4-13(10)21-8-11/h3-4,6,9,11H,5,7-8H2,1-2H3,(H,16,17)(H,18,19). The Hall–Kier alpha value is -2.24. The third kappa shape index (κ3) is 3.65. The molecule has 1 aliphatic heterocycles. The first-order chi connectivity index (χ1) is 10.0. The smallest absolute Gasteiger partial charge is 0.308 e. The van der Waals surface area contributed by atoms with Crippen molar-refractivity contribution in [3.63, 3.8) is 0 Å². The average Bonchev–Trinajstić information content (AvgIpc) is 2.50. The van der Waals surface area contributed by atoms with E-state index in [1.165, 1.54) is 0 Å². The second-order valence-electron chi connectivity index (χ2n) is 5.17. The number of hydrogen-bond acceptors (Lipinski definition) is 4. The summed E-state index contributed by atoms with van der Waals surface area (Å²) < 4.78 is 10.7. The maximum Gasteiger partial charge on any atom is 0.308 e. The Morgan fingerprint density at radius 1 is 1.52 bits per heavy atom. The molecule has 1 amide bonds. The fourth-order valence-electron chi connectivity index (χ4n) is 2.15. The Morgan fingerprint density at radius 3 is 2.95 bits per heavy atom. The van der Waals surface area contributed by atoms with Gasteiger partial charge in [-0.25, -0.2) is 0 Å². The summed E-state index contributed by atoms with van der Waals surface area (Å²) in [5.41, 5.74) is 0.923. The zero-order valence-electron chi connectivity index (χ0n) is 12.1. The van der Waals surface area contributed by atoms with Crippen LogP contribution in [0.4, 0.5) is 0 Å². The summed E-state index contributed by atoms with van der Waals surface area (Å²) >= 11 is 0. The molecule has 6 heteroatoms. The van der Waals surface area contributed by atoms with E-state index < -0.39 is 11.9 Å². The van der Waals surface area contributed by atoms with Gasteiger partial charge in [-0.2, -0.15) is 0 Å². The summed E-state index contributed by atoms with van der Waals surface area (Å²) in [5, 5.41) is 11.5. The Morgan fingerprint density at radius 2 is 2.29 bits per heavy atom. The molecule has 0 aromatic heterocycles. The minimum Gasteiger partial charge on any atom is -0.497 e. The van der Waals surface area contributed by atoms with E-state index in [-0.39, 0.29) is 18.4 Å². The van der Waals surface area contributed by atoms with E-state index in [1.807, 2.05) is 18.2 Å². The van der Waals surface area contributed by atoms with Crippen LogP contribution in [-0.4, -0.2) is 37.2 Å². The molecule has 2 atom stereocenters. The highest BCUT2D eigenvalue weighted by Gasteiger charge is 2.26. The summed E-state index contributed by atoms with van der Waals surface area (Å²) in [6.07, 6.45) is 0.555. The minimum atomic E-state index is -0.926. The zero-order chi connectivity index (χ0) is 15.4. The number of carboxylic acid groups (broad SMARTS) is 1. The highest BCUT2D eigenvalue weighted by molar-refractivity contribution is 5.80. The second kappa shape index (κ2) is 6.47. The number of benzene rings is 1. The Balaban J connectivity index is 1.97. The molecule has 0 fully saturated rings. The molecule has 1 heterocycles. The van der Waals surface area contributed by atoms with Crippen LogP contribution in [0.5, 0.6) is 11.5 Å². The number of carboxylic acids is 1. The number of aliphatic carboxylic acids is 1. The van der Waals surface area contributed by atoms with E-state index in [4.69, 9.17) is 14.6 Å². The molecule has 0 saturated heterocycles. The van der Waals surface area contributed by atoms with Crippen molar-refractivity contribution in [3.05, 3.63) is 23.8 Å². The van der Waals surface area contributed by atoms with Gasteiger partial charge in [0, 0.05) is 6.54 Å². The number of nitrogens with one attached hydrogen (secondary N) is 1. The number of amides is 1. The lowest BCUT2D eigenvalue weighted by atomic mass is 9.95. The summed E-state index contributed by atoms with van der Waals surface area (Å²) in [5.74, 6) is -0.546. The highest BCUT2D eigenvalue weighted by atomic mass is 16.5. The molecular weight excluding hydrogens is 274 g/mol. The lowest BCUT2D eigenvalue weighted by molar-refractivity contribution is -0.141. The van der Waals surface area contributed by atoms with Crippen LogP contribution in [-0.2, 0) is 16.0 Å². The van der Waals surface area contributed by atoms with E-state index in [9.17, 15) is 9.59 Å². The number of methoxy groups -OCH3 is 1. The van der Waals surface area contributed by atoms with Gasteiger partial charge in [0.05, 0.1) is 18.9 Å². The lowest BCUT2D eigenvalue weighted by Gasteiger charge is -2.25. The number of fused-ring (bicyclic) bond motifs is 1. The normalized spacial score (nSPS) is 18.1. The van der Waals surface area contributed by atoms with Crippen LogP contribution in [0, 0.1) is 11.8 Å². The quantitative estimate of drug-likeness (QED) is 0.848. The second-order valence-corrected chi connectivity index (χ2v) is 5.17. The van der Waals surface area contributed by atoms with Gasteiger partial charge in [0.25, 0.3) is 0 Å². The van der Waals surface area contributed by atoms with Crippen LogP contribution in [0.1, 0.15) is 12.5 Å². The number of carbonyl (C=O) groups excluding carboxylic acids is 1. The van der Waals surface area contributed by atoms with Gasteiger partial charge in [0.1, 0.15) is 18.1 Å². The van der Waals surface area contributed by atoms with E-state index in [0.717, 1.165) is 17.1 Å². The summed E-state index contributed by atoms with van der Waals surface area (Å²) in [7, 11) is 1.59. The monoisotopic (exact) mass is 293 g/mol. The SMILES string of the molecule is COc1ccc2c(c1)CC(C(=O)NCC(C)C(=O)O)CO2. The first kappa shape index (κ1) is 15.2. The molecular formula is C15H19NO5. The van der Waals surface area contributed by atoms with Crippen molar-refractivity contribution in [3.8, 4) is 11.5 Å². The summed E-state index contributed by atoms with van der Waals surface area (Å²) in [4.78, 5) is 22.8. The number of ether oxygens (including phenoxy) is 2. The molecule has 0 spiro atoms. The molecule has 0 aliphatic carbocycles. The maximum atomic E-state index is 12.1. The van der Waals surface area contributed by atoms with Crippen molar-refractivity contribution in [2.45, 2.75) is 13.3 Å². The Bertz CT molecular complexity index is 543. The molecule has 1 aromatic rings. The Labute approximate surface area is 123 Å². The predicted octanol–water partition coefficient (Wildman–Crippen LogP) is 1.08. The summed E-state index contributed by atoms with van der Waals surface area (Å²) in [6.45, 7) is 1.97. The van der Waals surface area contributed by atoms with Crippen molar-refractivity contribution >= 4 is 11.9 Å². The number of hydrogen-bond donors (Lipinski definition) is 2. The van der Waals surface area contributed by atoms with Gasteiger partial charge in [-0.1, -0.05) is 6.92 Å². The summed E-state index contributed by atoms with van der Waals surface area (Å²) in [6, 6.07) is 5.50. The Kier molecular flexibility index (Phi) is 4.67. The molecule has 114 valence electrons. The third-order valence-corrected chi connectivity index (χ3v) is 3.55. The van der Waals surface area contributed by atoms with E-state index in [0.29, 0.717) is 13.0 Å². The van der Waals surface area contributed by atoms with Crippen molar-refractivity contribution in [1.29, 1.82) is 0 Å². The van der Waals surface area contributed by atoms with Crippen LogP contribution >= 0.6 is 0 Å². The molecule has 1 aliphatic rings. The van der Waals surface area contributed by atoms with Gasteiger partial charge < -0.3 is 19.9 Å². The predicted molar refractivity (Wildman–Crippen MR) is 75.5 cm³/mol. The molecule has 0 saturated carbocycles. The highest BCUT2D eigenvalue weighted by Crippen LogP contribution is 2.30. The van der Waals surface area contributed by atoms with Crippen LogP contribution in [0.3, 0.4) is 0 Å². The van der Waals surface area contributed by atoms with Crippen molar-refractivity contribution in [1.82, 2.24) is 5.32 Å². The van der Waals surface area contributed by atoms with Gasteiger partial charge in [-0.15, -0.1) is 0 Å². The third-order valence-electron chi connectivity index (χ3n) is 3.55. The van der Waals surface area contributed by atoms with Crippen LogP contribution in [0.25, 0.3) is 0 Å². The molecule has 2 unspecified atom stereocenters. The topological polar surface area (TPSA) is 84.9 Å². The van der Waals surface area contributed by atoms with Crippen molar-refractivity contribution < 1.29 is 24.2 Å². The molecule has 2 N–H and O–H groups in total. The van der Waals surface area contributed by atoms with Crippen molar-refractivity contribution in [2.24, 2.45) is 11.8 Å². The lowest BCUT2D eigenvalue weighted by Crippen LogP contribution is -2.40. The molecule has 0 bridgehead atoms. The van der Waals surface area contributed by atoms with Gasteiger partial charge >= 0.3 is 5.97 Å². The van der Waals surface area contributed by atoms with Crippen molar-refractivity contribution in [2.75, 3.05) is 20.3 Å². The number of carbonyl (C=O) groups is 2. The van der Waals surface area contributed by atoms with E-state index >= 15 is 0 Å². The molecule has 6 nitrogen and oxygen atoms in total. The zero-order valence-corrected chi connectivity index (χ0v) is 12.1. The van der Waals surface area contributed by atoms with E-state index in [1.54, 1.807) is 14.0 Å². The van der Waals surface area contributed by atoms with Gasteiger partial charge in [-0.3, -0.25) is 9.59 Å². The first-order valence-corrected chi connectivity index (χ1v) is 6.81. The van der Waals surface area contributed by atoms with Crippen LogP contribution in [0.15, 0.2) is 18.2 Å². The van der Waals surface area contributed by atoms with Crippen LogP contribution < -0.4 is 14.8 Å². The van der Waals surface area contributed by atoms with Gasteiger partial charge in [-0.05, 0) is 30.2 Å². The maximum absolute atomic E-state index is 12.1. The fraction of sp³-hybridized carbons (Fsp3) is 0.467. The molecule has 2 rings (SSSR count). The molecule has 21 heavy (non-hydrogen) atoms. The first-order valence-electron chi connectivity index (χ1n) is 6.81. The molecule has 1 aromatic carbocycles.